The lowest BCUT2D eigenvalue weighted by atomic mass is 10.0. The van der Waals surface area contributed by atoms with Gasteiger partial charge in [-0.2, -0.15) is 4.31 Å². The molecule has 1 aliphatic heterocycles. The van der Waals surface area contributed by atoms with Crippen LogP contribution in [0.25, 0.3) is 0 Å². The van der Waals surface area contributed by atoms with Crippen LogP contribution in [0.4, 0.5) is 4.79 Å². The van der Waals surface area contributed by atoms with Crippen LogP contribution in [0.15, 0.2) is 23.1 Å². The number of hydrogen-bond acceptors (Lipinski definition) is 3. The second-order valence-corrected chi connectivity index (χ2v) is 9.08. The number of amides is 2. The van der Waals surface area contributed by atoms with E-state index in [1.54, 1.807) is 11.0 Å². The van der Waals surface area contributed by atoms with Crippen molar-refractivity contribution in [3.05, 3.63) is 29.3 Å². The molecule has 1 aromatic carbocycles. The van der Waals surface area contributed by atoms with E-state index in [9.17, 15) is 13.2 Å². The second kappa shape index (κ2) is 7.74. The van der Waals surface area contributed by atoms with E-state index in [1.165, 1.54) is 4.31 Å². The van der Waals surface area contributed by atoms with Gasteiger partial charge in [-0.25, -0.2) is 13.2 Å². The Morgan fingerprint density at radius 3 is 2.20 bits per heavy atom. The van der Waals surface area contributed by atoms with Gasteiger partial charge in [-0.1, -0.05) is 26.0 Å². The summed E-state index contributed by atoms with van der Waals surface area (Å²) in [5.74, 6) is 0.270. The molecule has 1 saturated heterocycles. The molecule has 0 aliphatic carbocycles. The highest BCUT2D eigenvalue weighted by Gasteiger charge is 2.31. The van der Waals surface area contributed by atoms with Crippen LogP contribution >= 0.6 is 0 Å². The number of nitrogens with one attached hydrogen (secondary N) is 1. The van der Waals surface area contributed by atoms with E-state index in [-0.39, 0.29) is 18.0 Å². The third-order valence-corrected chi connectivity index (χ3v) is 6.48. The minimum absolute atomic E-state index is 0.0654. The summed E-state index contributed by atoms with van der Waals surface area (Å²) in [7, 11) is -3.55. The Bertz CT molecular complexity index is 721. The summed E-state index contributed by atoms with van der Waals surface area (Å²) in [4.78, 5) is 14.1. The molecule has 0 bridgehead atoms. The van der Waals surface area contributed by atoms with Crippen molar-refractivity contribution in [1.29, 1.82) is 0 Å². The molecule has 7 heteroatoms. The number of sulfonamides is 1. The largest absolute Gasteiger partial charge is 0.336 e. The average Bonchev–Trinajstić information content (AvgIpc) is 2.54. The third kappa shape index (κ3) is 4.52. The Labute approximate surface area is 151 Å². The van der Waals surface area contributed by atoms with Gasteiger partial charge in [0.25, 0.3) is 0 Å². The average molecular weight is 368 g/mol. The van der Waals surface area contributed by atoms with Crippen molar-refractivity contribution in [2.24, 2.45) is 0 Å². The smallest absolute Gasteiger partial charge is 0.317 e. The number of urea groups is 1. The lowest BCUT2D eigenvalue weighted by molar-refractivity contribution is 0.170. The van der Waals surface area contributed by atoms with Gasteiger partial charge in [0, 0.05) is 32.2 Å². The van der Waals surface area contributed by atoms with Crippen LogP contribution in [0.2, 0.25) is 0 Å². The molecule has 1 aliphatic rings. The van der Waals surface area contributed by atoms with Crippen molar-refractivity contribution in [2.75, 3.05) is 26.2 Å². The van der Waals surface area contributed by atoms with Gasteiger partial charge in [0.1, 0.15) is 0 Å². The van der Waals surface area contributed by atoms with E-state index < -0.39 is 10.0 Å². The van der Waals surface area contributed by atoms with Crippen LogP contribution in [-0.2, 0) is 10.0 Å². The molecule has 2 amide bonds. The number of carbonyl (C=O) groups is 1. The Morgan fingerprint density at radius 2 is 1.68 bits per heavy atom. The zero-order valence-electron chi connectivity index (χ0n) is 15.7. The van der Waals surface area contributed by atoms with Crippen LogP contribution in [0.1, 0.15) is 44.7 Å². The van der Waals surface area contributed by atoms with E-state index in [0.717, 1.165) is 11.1 Å². The van der Waals surface area contributed by atoms with Crippen molar-refractivity contribution in [3.8, 4) is 0 Å². The van der Waals surface area contributed by atoms with Crippen molar-refractivity contribution in [3.63, 3.8) is 0 Å². The highest BCUT2D eigenvalue weighted by molar-refractivity contribution is 7.89. The van der Waals surface area contributed by atoms with Crippen molar-refractivity contribution in [1.82, 2.24) is 14.5 Å². The molecule has 1 N–H and O–H groups in total. The first-order valence-corrected chi connectivity index (χ1v) is 10.2. The van der Waals surface area contributed by atoms with Crippen molar-refractivity contribution in [2.45, 2.75) is 51.5 Å². The normalized spacial score (nSPS) is 16.5. The van der Waals surface area contributed by atoms with E-state index in [1.807, 2.05) is 46.8 Å². The summed E-state index contributed by atoms with van der Waals surface area (Å²) in [6.07, 6.45) is 0. The summed E-state index contributed by atoms with van der Waals surface area (Å²) < 4.78 is 27.6. The number of nitrogens with zero attached hydrogens (tertiary/aromatic N) is 2. The Morgan fingerprint density at radius 1 is 1.08 bits per heavy atom. The Kier molecular flexibility index (Phi) is 6.11. The Hall–Kier alpha value is -1.60. The molecular formula is C18H29N3O3S. The van der Waals surface area contributed by atoms with Crippen molar-refractivity contribution >= 4 is 16.1 Å². The number of aryl methyl sites for hydroxylation is 1. The molecular weight excluding hydrogens is 338 g/mol. The molecule has 1 fully saturated rings. The van der Waals surface area contributed by atoms with E-state index >= 15 is 0 Å². The van der Waals surface area contributed by atoms with E-state index in [0.29, 0.717) is 31.1 Å². The van der Waals surface area contributed by atoms with Crippen LogP contribution < -0.4 is 5.32 Å². The molecule has 1 heterocycles. The summed E-state index contributed by atoms with van der Waals surface area (Å²) in [5, 5.41) is 2.85. The molecule has 0 atom stereocenters. The number of rotatable bonds is 4. The lowest BCUT2D eigenvalue weighted by Gasteiger charge is -2.34. The zero-order chi connectivity index (χ0) is 18.8. The van der Waals surface area contributed by atoms with Crippen LogP contribution in [0.3, 0.4) is 0 Å². The number of hydrogen-bond donors (Lipinski definition) is 1. The fourth-order valence-corrected chi connectivity index (χ4v) is 4.54. The van der Waals surface area contributed by atoms with Gasteiger partial charge in [0.2, 0.25) is 10.0 Å². The molecule has 140 valence electrons. The van der Waals surface area contributed by atoms with Crippen molar-refractivity contribution < 1.29 is 13.2 Å². The van der Waals surface area contributed by atoms with E-state index in [2.05, 4.69) is 5.32 Å². The van der Waals surface area contributed by atoms with Gasteiger partial charge < -0.3 is 10.2 Å². The number of piperazine rings is 1. The molecule has 6 nitrogen and oxygen atoms in total. The molecule has 0 aromatic heterocycles. The van der Waals surface area contributed by atoms with Gasteiger partial charge in [-0.05, 0) is 43.9 Å². The molecule has 2 rings (SSSR count). The number of benzene rings is 1. The summed E-state index contributed by atoms with van der Waals surface area (Å²) >= 11 is 0. The van der Waals surface area contributed by atoms with Gasteiger partial charge in [-0.3, -0.25) is 0 Å². The third-order valence-electron chi connectivity index (χ3n) is 4.43. The fourth-order valence-electron chi connectivity index (χ4n) is 2.86. The molecule has 0 saturated carbocycles. The minimum Gasteiger partial charge on any atom is -0.336 e. The molecule has 25 heavy (non-hydrogen) atoms. The first-order chi connectivity index (χ1) is 11.6. The van der Waals surface area contributed by atoms with Gasteiger partial charge >= 0.3 is 6.03 Å². The summed E-state index contributed by atoms with van der Waals surface area (Å²) in [6.45, 7) is 11.2. The molecule has 0 spiro atoms. The van der Waals surface area contributed by atoms with Gasteiger partial charge in [0.05, 0.1) is 4.90 Å². The van der Waals surface area contributed by atoms with Crippen LogP contribution in [0, 0.1) is 6.92 Å². The maximum absolute atomic E-state index is 13.0. The molecule has 0 radical (unpaired) electrons. The predicted molar refractivity (Wildman–Crippen MR) is 99.3 cm³/mol. The first-order valence-electron chi connectivity index (χ1n) is 8.79. The maximum atomic E-state index is 13.0. The second-order valence-electron chi connectivity index (χ2n) is 7.17. The molecule has 1 aromatic rings. The quantitative estimate of drug-likeness (QED) is 0.889. The lowest BCUT2D eigenvalue weighted by Crippen LogP contribution is -2.54. The molecule has 0 unspecified atom stereocenters. The monoisotopic (exact) mass is 367 g/mol. The highest BCUT2D eigenvalue weighted by atomic mass is 32.2. The SMILES string of the molecule is Cc1ccc(C(C)C)cc1S(=O)(=O)N1CCN(C(=O)NC(C)C)CC1. The van der Waals surface area contributed by atoms with E-state index in [4.69, 9.17) is 0 Å². The van der Waals surface area contributed by atoms with Crippen LogP contribution in [0.5, 0.6) is 0 Å². The number of carbonyl (C=O) groups excluding carboxylic acids is 1. The van der Waals surface area contributed by atoms with Gasteiger partial charge in [0.15, 0.2) is 0 Å². The fraction of sp³-hybridized carbons (Fsp3) is 0.611. The maximum Gasteiger partial charge on any atom is 0.317 e. The minimum atomic E-state index is -3.55. The topological polar surface area (TPSA) is 69.7 Å². The highest BCUT2D eigenvalue weighted by Crippen LogP contribution is 2.25. The zero-order valence-corrected chi connectivity index (χ0v) is 16.6. The van der Waals surface area contributed by atoms with Gasteiger partial charge in [-0.15, -0.1) is 0 Å². The standard InChI is InChI=1S/C18H29N3O3S/c1-13(2)16-7-6-15(5)17(12-16)25(23,24)21-10-8-20(9-11-21)18(22)19-14(3)4/h6-7,12-14H,8-11H2,1-5H3,(H,19,22). The predicted octanol–water partition coefficient (Wildman–Crippen LogP) is 2.54. The van der Waals surface area contributed by atoms with Crippen LogP contribution in [-0.4, -0.2) is 55.9 Å². The summed E-state index contributed by atoms with van der Waals surface area (Å²) in [6, 6.07) is 5.57. The summed E-state index contributed by atoms with van der Waals surface area (Å²) in [5.41, 5.74) is 1.77. The first kappa shape index (κ1) is 19.7. The Balaban J connectivity index is 2.15.